The van der Waals surface area contributed by atoms with E-state index >= 15 is 4.39 Å². The molecular weight excluding hydrogens is 283 g/mol. The highest BCUT2D eigenvalue weighted by atomic mass is 19.1. The zero-order valence-corrected chi connectivity index (χ0v) is 13.0. The maximum Gasteiger partial charge on any atom is 0.155 e. The number of carbonyl (C=O) groups is 1. The Hall–Kier alpha value is -0.740. The molecule has 3 saturated carbocycles. The SMILES string of the molecule is C[C@]12CC[C@H]3[C@@H](CCC4CC(=O)C=C[C@@H]43)[C@@]1(F)[C@H](O)C[C@@H]2O. The molecule has 0 spiro atoms. The molecule has 22 heavy (non-hydrogen) atoms. The van der Waals surface area contributed by atoms with Crippen molar-refractivity contribution < 1.29 is 19.4 Å². The van der Waals surface area contributed by atoms with Crippen molar-refractivity contribution in [1.82, 2.24) is 0 Å². The van der Waals surface area contributed by atoms with E-state index in [1.54, 1.807) is 6.08 Å². The molecule has 0 saturated heterocycles. The highest BCUT2D eigenvalue weighted by molar-refractivity contribution is 5.90. The summed E-state index contributed by atoms with van der Waals surface area (Å²) >= 11 is 0. The van der Waals surface area contributed by atoms with Gasteiger partial charge in [-0.1, -0.05) is 13.0 Å². The van der Waals surface area contributed by atoms with Crippen LogP contribution in [0, 0.1) is 29.1 Å². The van der Waals surface area contributed by atoms with Crippen molar-refractivity contribution >= 4 is 5.78 Å². The number of aliphatic hydroxyl groups is 2. The smallest absolute Gasteiger partial charge is 0.155 e. The number of ketones is 1. The molecule has 0 radical (unpaired) electrons. The number of rotatable bonds is 0. The van der Waals surface area contributed by atoms with Crippen LogP contribution in [-0.2, 0) is 4.79 Å². The first-order valence-corrected chi connectivity index (χ1v) is 8.64. The van der Waals surface area contributed by atoms with E-state index in [4.69, 9.17) is 0 Å². The van der Waals surface area contributed by atoms with Crippen LogP contribution in [0.3, 0.4) is 0 Å². The van der Waals surface area contributed by atoms with Gasteiger partial charge in [0.15, 0.2) is 5.78 Å². The highest BCUT2D eigenvalue weighted by Gasteiger charge is 2.70. The normalized spacial score (nSPS) is 57.2. The van der Waals surface area contributed by atoms with Gasteiger partial charge in [-0.2, -0.15) is 0 Å². The van der Waals surface area contributed by atoms with Crippen LogP contribution in [0.2, 0.25) is 0 Å². The summed E-state index contributed by atoms with van der Waals surface area (Å²) < 4.78 is 16.1. The summed E-state index contributed by atoms with van der Waals surface area (Å²) in [6.45, 7) is 1.82. The summed E-state index contributed by atoms with van der Waals surface area (Å²) in [5, 5.41) is 20.7. The van der Waals surface area contributed by atoms with E-state index in [1.807, 2.05) is 13.0 Å². The second kappa shape index (κ2) is 4.64. The van der Waals surface area contributed by atoms with Gasteiger partial charge in [-0.3, -0.25) is 4.79 Å². The molecule has 4 aliphatic rings. The number of aliphatic hydroxyl groups excluding tert-OH is 2. The molecule has 0 aromatic carbocycles. The Bertz CT molecular complexity index is 532. The molecule has 0 amide bonds. The van der Waals surface area contributed by atoms with Gasteiger partial charge in [0.2, 0.25) is 0 Å². The molecule has 122 valence electrons. The van der Waals surface area contributed by atoms with Gasteiger partial charge in [-0.05, 0) is 55.4 Å². The van der Waals surface area contributed by atoms with E-state index < -0.39 is 23.3 Å². The quantitative estimate of drug-likeness (QED) is 0.722. The van der Waals surface area contributed by atoms with Crippen molar-refractivity contribution in [1.29, 1.82) is 0 Å². The minimum atomic E-state index is -1.68. The lowest BCUT2D eigenvalue weighted by Gasteiger charge is -2.57. The van der Waals surface area contributed by atoms with Crippen LogP contribution in [0.25, 0.3) is 0 Å². The number of carbonyl (C=O) groups excluding carboxylic acids is 1. The summed E-state index contributed by atoms with van der Waals surface area (Å²) in [5.41, 5.74) is -2.51. The van der Waals surface area contributed by atoms with Crippen LogP contribution >= 0.6 is 0 Å². The lowest BCUT2D eigenvalue weighted by Crippen LogP contribution is -2.61. The third kappa shape index (κ3) is 1.66. The monoisotopic (exact) mass is 308 g/mol. The predicted octanol–water partition coefficient (Wildman–Crippen LogP) is 2.41. The average molecular weight is 308 g/mol. The Morgan fingerprint density at radius 3 is 2.77 bits per heavy atom. The molecule has 0 aromatic heterocycles. The van der Waals surface area contributed by atoms with E-state index in [0.29, 0.717) is 18.8 Å². The molecule has 1 unspecified atom stereocenters. The average Bonchev–Trinajstić information content (AvgIpc) is 2.66. The Morgan fingerprint density at radius 1 is 1.23 bits per heavy atom. The number of fused-ring (bicyclic) bond motifs is 5. The summed E-state index contributed by atoms with van der Waals surface area (Å²) in [4.78, 5) is 11.6. The molecule has 4 aliphatic carbocycles. The van der Waals surface area contributed by atoms with Gasteiger partial charge in [0.05, 0.1) is 12.2 Å². The number of hydrogen-bond donors (Lipinski definition) is 2. The number of allylic oxidation sites excluding steroid dienone is 2. The molecule has 0 aliphatic heterocycles. The molecule has 4 heteroatoms. The lowest BCUT2D eigenvalue weighted by molar-refractivity contribution is -0.176. The van der Waals surface area contributed by atoms with Gasteiger partial charge in [0.1, 0.15) is 5.67 Å². The largest absolute Gasteiger partial charge is 0.392 e. The van der Waals surface area contributed by atoms with Crippen LogP contribution in [-0.4, -0.2) is 33.9 Å². The van der Waals surface area contributed by atoms with Gasteiger partial charge in [-0.15, -0.1) is 0 Å². The van der Waals surface area contributed by atoms with E-state index in [2.05, 4.69) is 0 Å². The van der Waals surface area contributed by atoms with Crippen molar-refractivity contribution in [3.63, 3.8) is 0 Å². The van der Waals surface area contributed by atoms with E-state index in [9.17, 15) is 15.0 Å². The molecule has 2 N–H and O–H groups in total. The lowest BCUT2D eigenvalue weighted by atomic mass is 9.49. The fourth-order valence-electron chi connectivity index (χ4n) is 6.19. The van der Waals surface area contributed by atoms with Crippen molar-refractivity contribution in [3.8, 4) is 0 Å². The highest BCUT2D eigenvalue weighted by Crippen LogP contribution is 2.65. The molecule has 0 aromatic rings. The maximum absolute atomic E-state index is 16.1. The van der Waals surface area contributed by atoms with Crippen molar-refractivity contribution in [2.45, 2.75) is 63.3 Å². The Labute approximate surface area is 130 Å². The fourth-order valence-corrected chi connectivity index (χ4v) is 6.19. The number of alkyl halides is 1. The summed E-state index contributed by atoms with van der Waals surface area (Å²) in [7, 11) is 0. The first-order valence-electron chi connectivity index (χ1n) is 8.64. The van der Waals surface area contributed by atoms with E-state index in [1.165, 1.54) is 0 Å². The van der Waals surface area contributed by atoms with Crippen LogP contribution < -0.4 is 0 Å². The van der Waals surface area contributed by atoms with Gasteiger partial charge in [0.25, 0.3) is 0 Å². The second-order valence-corrected chi connectivity index (χ2v) is 8.21. The summed E-state index contributed by atoms with van der Waals surface area (Å²) in [5.74, 6) is 0.791. The zero-order chi connectivity index (χ0) is 15.7. The van der Waals surface area contributed by atoms with Crippen LogP contribution in [0.1, 0.15) is 45.4 Å². The minimum Gasteiger partial charge on any atom is -0.392 e. The topological polar surface area (TPSA) is 57.5 Å². The Kier molecular flexibility index (Phi) is 3.12. The van der Waals surface area contributed by atoms with Gasteiger partial charge < -0.3 is 10.2 Å². The second-order valence-electron chi connectivity index (χ2n) is 8.21. The molecule has 3 nitrogen and oxygen atoms in total. The van der Waals surface area contributed by atoms with Crippen molar-refractivity contribution in [3.05, 3.63) is 12.2 Å². The Morgan fingerprint density at radius 2 is 2.00 bits per heavy atom. The van der Waals surface area contributed by atoms with Crippen molar-refractivity contribution in [2.24, 2.45) is 29.1 Å². The first kappa shape index (κ1) is 14.8. The van der Waals surface area contributed by atoms with Crippen molar-refractivity contribution in [2.75, 3.05) is 0 Å². The van der Waals surface area contributed by atoms with Gasteiger partial charge in [-0.25, -0.2) is 4.39 Å². The molecule has 8 atom stereocenters. The van der Waals surface area contributed by atoms with Crippen LogP contribution in [0.4, 0.5) is 4.39 Å². The predicted molar refractivity (Wildman–Crippen MR) is 79.8 cm³/mol. The first-order chi connectivity index (χ1) is 10.4. The summed E-state index contributed by atoms with van der Waals surface area (Å²) in [6, 6.07) is 0. The maximum atomic E-state index is 16.1. The summed E-state index contributed by atoms with van der Waals surface area (Å²) in [6.07, 6.45) is 5.67. The third-order valence-corrected chi connectivity index (χ3v) is 7.45. The van der Waals surface area contributed by atoms with E-state index in [-0.39, 0.29) is 30.0 Å². The molecule has 3 fully saturated rings. The van der Waals surface area contributed by atoms with Crippen LogP contribution in [0.5, 0.6) is 0 Å². The van der Waals surface area contributed by atoms with Gasteiger partial charge in [0, 0.05) is 18.3 Å². The fraction of sp³-hybridized carbons (Fsp3) is 0.833. The Balaban J connectivity index is 1.71. The van der Waals surface area contributed by atoms with Crippen LogP contribution in [0.15, 0.2) is 12.2 Å². The zero-order valence-electron chi connectivity index (χ0n) is 13.0. The standard InChI is InChI=1S/C18H25FO3/c1-17-7-6-13-12-4-3-11(20)8-10(12)2-5-14(13)18(17,19)16(22)9-15(17)21/h3-4,10,12-16,21-22H,2,5-9H2,1H3/t10?,12-,13+,14+,15-,16+,17+,18+/m0/s1. The number of halogens is 1. The molecule has 0 heterocycles. The molecular formula is C18H25FO3. The number of hydrogen-bond acceptors (Lipinski definition) is 3. The molecule has 0 bridgehead atoms. The third-order valence-electron chi connectivity index (χ3n) is 7.45. The molecule has 4 rings (SSSR count). The van der Waals surface area contributed by atoms with E-state index in [0.717, 1.165) is 19.3 Å². The van der Waals surface area contributed by atoms with Gasteiger partial charge >= 0.3 is 0 Å². The minimum absolute atomic E-state index is 0.151.